The van der Waals surface area contributed by atoms with Crippen LogP contribution in [0, 0.1) is 25.7 Å². The number of esters is 1. The molecule has 1 aliphatic carbocycles. The Morgan fingerprint density at radius 2 is 1.83 bits per heavy atom. The molecule has 1 aliphatic rings. The van der Waals surface area contributed by atoms with Crippen molar-refractivity contribution in [1.82, 2.24) is 0 Å². The Labute approximate surface area is 138 Å². The van der Waals surface area contributed by atoms with E-state index >= 15 is 0 Å². The molecule has 0 radical (unpaired) electrons. The van der Waals surface area contributed by atoms with Gasteiger partial charge in [0.15, 0.2) is 0 Å². The maximum absolute atomic E-state index is 12.5. The van der Waals surface area contributed by atoms with Gasteiger partial charge in [-0.1, -0.05) is 12.2 Å². The molecule has 6 nitrogen and oxygen atoms in total. The van der Waals surface area contributed by atoms with Gasteiger partial charge in [0.1, 0.15) is 5.00 Å². The summed E-state index contributed by atoms with van der Waals surface area (Å²) in [7, 11) is 1.28. The van der Waals surface area contributed by atoms with E-state index in [1.54, 1.807) is 19.1 Å². The highest BCUT2D eigenvalue weighted by Gasteiger charge is 2.31. The molecule has 0 aromatic carbocycles. The fraction of sp³-hybridized carbons (Fsp3) is 0.438. The summed E-state index contributed by atoms with van der Waals surface area (Å²) in [4.78, 5) is 36.5. The molecular weight excluding hydrogens is 318 g/mol. The largest absolute Gasteiger partial charge is 0.550 e. The average Bonchev–Trinajstić information content (AvgIpc) is 2.80. The number of rotatable bonds is 4. The summed E-state index contributed by atoms with van der Waals surface area (Å²) < 4.78 is 4.76. The van der Waals surface area contributed by atoms with E-state index in [0.717, 1.165) is 10.4 Å². The quantitative estimate of drug-likeness (QED) is 0.663. The van der Waals surface area contributed by atoms with Crippen LogP contribution in [0.25, 0.3) is 0 Å². The first-order valence-corrected chi connectivity index (χ1v) is 8.03. The van der Waals surface area contributed by atoms with E-state index in [1.165, 1.54) is 18.4 Å². The van der Waals surface area contributed by atoms with Gasteiger partial charge in [0, 0.05) is 16.8 Å². The monoisotopic (exact) mass is 336 g/mol. The fourth-order valence-electron chi connectivity index (χ4n) is 2.63. The molecule has 0 unspecified atom stereocenters. The summed E-state index contributed by atoms with van der Waals surface area (Å²) in [6.45, 7) is 3.62. The molecule has 7 heteroatoms. The van der Waals surface area contributed by atoms with Crippen LogP contribution < -0.4 is 10.4 Å². The normalized spacial score (nSPS) is 20.1. The van der Waals surface area contributed by atoms with Crippen molar-refractivity contribution in [2.75, 3.05) is 12.4 Å². The molecule has 1 aromatic rings. The topological polar surface area (TPSA) is 95.5 Å². The molecule has 1 amide bonds. The average molecular weight is 336 g/mol. The van der Waals surface area contributed by atoms with Crippen LogP contribution in [0.5, 0.6) is 0 Å². The number of carbonyl (C=O) groups excluding carboxylic acids is 3. The van der Waals surface area contributed by atoms with Crippen LogP contribution in [-0.4, -0.2) is 25.0 Å². The number of methoxy groups -OCH3 is 1. The van der Waals surface area contributed by atoms with Gasteiger partial charge < -0.3 is 20.0 Å². The van der Waals surface area contributed by atoms with Gasteiger partial charge >= 0.3 is 5.97 Å². The molecule has 0 saturated carbocycles. The number of anilines is 1. The molecule has 0 bridgehead atoms. The number of allylic oxidation sites excluding steroid dienone is 2. The Morgan fingerprint density at radius 1 is 1.22 bits per heavy atom. The van der Waals surface area contributed by atoms with Gasteiger partial charge in [-0.25, -0.2) is 4.79 Å². The number of nitrogens with one attached hydrogen (secondary N) is 1. The number of hydrogen-bond acceptors (Lipinski definition) is 6. The first kappa shape index (κ1) is 17.2. The fourth-order valence-corrected chi connectivity index (χ4v) is 3.68. The lowest BCUT2D eigenvalue weighted by Gasteiger charge is -2.28. The van der Waals surface area contributed by atoms with E-state index in [4.69, 9.17) is 4.74 Å². The van der Waals surface area contributed by atoms with Gasteiger partial charge in [-0.05, 0) is 32.3 Å². The molecule has 1 aromatic heterocycles. The van der Waals surface area contributed by atoms with Crippen molar-refractivity contribution in [3.63, 3.8) is 0 Å². The Bertz CT molecular complexity index is 676. The summed E-state index contributed by atoms with van der Waals surface area (Å²) in [5, 5.41) is 14.3. The van der Waals surface area contributed by atoms with Crippen LogP contribution in [0.4, 0.5) is 5.00 Å². The molecule has 1 heterocycles. The first-order valence-electron chi connectivity index (χ1n) is 7.21. The molecule has 1 N–H and O–H groups in total. The second-order valence-electron chi connectivity index (χ2n) is 5.44. The van der Waals surface area contributed by atoms with E-state index in [-0.39, 0.29) is 6.42 Å². The highest BCUT2D eigenvalue weighted by atomic mass is 32.1. The lowest BCUT2D eigenvalue weighted by atomic mass is 9.82. The third kappa shape index (κ3) is 3.44. The van der Waals surface area contributed by atoms with Crippen molar-refractivity contribution in [3.8, 4) is 0 Å². The molecule has 0 fully saturated rings. The number of amides is 1. The van der Waals surface area contributed by atoms with Crippen LogP contribution in [0.2, 0.25) is 0 Å². The Morgan fingerprint density at radius 3 is 2.39 bits per heavy atom. The van der Waals surface area contributed by atoms with Gasteiger partial charge in [0.05, 0.1) is 18.6 Å². The minimum Gasteiger partial charge on any atom is -0.550 e. The van der Waals surface area contributed by atoms with E-state index in [0.29, 0.717) is 17.0 Å². The van der Waals surface area contributed by atoms with Crippen LogP contribution >= 0.6 is 11.3 Å². The molecule has 0 spiro atoms. The van der Waals surface area contributed by atoms with Crippen molar-refractivity contribution in [2.45, 2.75) is 26.7 Å². The molecule has 0 saturated heterocycles. The smallest absolute Gasteiger partial charge is 0.341 e. The predicted molar refractivity (Wildman–Crippen MR) is 84.1 cm³/mol. The second kappa shape index (κ2) is 6.95. The number of thiophene rings is 1. The van der Waals surface area contributed by atoms with Crippen molar-refractivity contribution in [3.05, 3.63) is 28.2 Å². The number of carbonyl (C=O) groups is 3. The summed E-state index contributed by atoms with van der Waals surface area (Å²) in [6, 6.07) is 0. The third-order valence-electron chi connectivity index (χ3n) is 4.08. The lowest BCUT2D eigenvalue weighted by molar-refractivity contribution is -0.313. The Kier molecular flexibility index (Phi) is 5.20. The van der Waals surface area contributed by atoms with E-state index in [1.807, 2.05) is 6.92 Å². The SMILES string of the molecule is COC(=O)c1c(NC(=O)[C@@H]2CC=CC[C@H]2C(=O)[O-])sc(C)c1C. The zero-order valence-electron chi connectivity index (χ0n) is 13.2. The van der Waals surface area contributed by atoms with Crippen LogP contribution in [0.1, 0.15) is 33.6 Å². The van der Waals surface area contributed by atoms with Crippen molar-refractivity contribution < 1.29 is 24.2 Å². The maximum atomic E-state index is 12.5. The lowest BCUT2D eigenvalue weighted by Crippen LogP contribution is -2.41. The molecule has 0 aliphatic heterocycles. The molecule has 2 rings (SSSR count). The summed E-state index contributed by atoms with van der Waals surface area (Å²) in [5.41, 5.74) is 1.07. The second-order valence-corrected chi connectivity index (χ2v) is 6.67. The van der Waals surface area contributed by atoms with Crippen molar-refractivity contribution >= 4 is 34.2 Å². The molecule has 23 heavy (non-hydrogen) atoms. The van der Waals surface area contributed by atoms with Gasteiger partial charge in [0.25, 0.3) is 0 Å². The summed E-state index contributed by atoms with van der Waals surface area (Å²) in [5.74, 6) is -3.75. The zero-order chi connectivity index (χ0) is 17.1. The van der Waals surface area contributed by atoms with Gasteiger partial charge in [-0.2, -0.15) is 0 Å². The van der Waals surface area contributed by atoms with Crippen LogP contribution in [0.15, 0.2) is 12.2 Å². The number of hydrogen-bond donors (Lipinski definition) is 1. The van der Waals surface area contributed by atoms with Crippen LogP contribution in [0.3, 0.4) is 0 Å². The van der Waals surface area contributed by atoms with E-state index in [2.05, 4.69) is 5.32 Å². The number of ether oxygens (including phenoxy) is 1. The number of carboxylic acids is 1. The number of carboxylic acid groups (broad SMARTS) is 1. The third-order valence-corrected chi connectivity index (χ3v) is 5.21. The number of aryl methyl sites for hydroxylation is 1. The van der Waals surface area contributed by atoms with Crippen molar-refractivity contribution in [2.24, 2.45) is 11.8 Å². The molecule has 2 atom stereocenters. The highest BCUT2D eigenvalue weighted by Crippen LogP contribution is 2.34. The van der Waals surface area contributed by atoms with Crippen LogP contribution in [-0.2, 0) is 14.3 Å². The first-order chi connectivity index (χ1) is 10.9. The highest BCUT2D eigenvalue weighted by molar-refractivity contribution is 7.16. The van der Waals surface area contributed by atoms with Gasteiger partial charge in [-0.15, -0.1) is 11.3 Å². The predicted octanol–water partition coefficient (Wildman–Crippen LogP) is 1.42. The van der Waals surface area contributed by atoms with E-state index < -0.39 is 29.7 Å². The van der Waals surface area contributed by atoms with Crippen molar-refractivity contribution in [1.29, 1.82) is 0 Å². The standard InChI is InChI=1S/C16H19NO5S/c1-8-9(2)23-14(12(8)16(21)22-3)17-13(18)10-6-4-5-7-11(10)15(19)20/h4-5,10-11H,6-7H2,1-3H3,(H,17,18)(H,19,20)/p-1/t10-,11-/m1/s1. The van der Waals surface area contributed by atoms with Gasteiger partial charge in [-0.3, -0.25) is 4.79 Å². The molecule has 124 valence electrons. The van der Waals surface area contributed by atoms with Gasteiger partial charge in [0.2, 0.25) is 5.91 Å². The number of aliphatic carboxylic acids is 1. The maximum Gasteiger partial charge on any atom is 0.341 e. The Balaban J connectivity index is 2.27. The Hall–Kier alpha value is -2.15. The zero-order valence-corrected chi connectivity index (χ0v) is 14.0. The summed E-state index contributed by atoms with van der Waals surface area (Å²) >= 11 is 1.27. The minimum absolute atomic E-state index is 0.271. The van der Waals surface area contributed by atoms with E-state index in [9.17, 15) is 19.5 Å². The molecular formula is C16H18NO5S-. The minimum atomic E-state index is -1.23. The summed E-state index contributed by atoms with van der Waals surface area (Å²) in [6.07, 6.45) is 4.13.